The molecule has 0 saturated carbocycles. The van der Waals surface area contributed by atoms with Crippen LogP contribution in [0.3, 0.4) is 0 Å². The number of furan rings is 1. The number of piperazine rings is 1. The summed E-state index contributed by atoms with van der Waals surface area (Å²) in [6.45, 7) is 6.94. The van der Waals surface area contributed by atoms with Gasteiger partial charge in [-0.25, -0.2) is 0 Å². The first-order chi connectivity index (χ1) is 15.4. The van der Waals surface area contributed by atoms with Crippen LogP contribution in [-0.4, -0.2) is 42.9 Å². The molecule has 7 heteroatoms. The summed E-state index contributed by atoms with van der Waals surface area (Å²) < 4.78 is 6.73. The van der Waals surface area contributed by atoms with Gasteiger partial charge in [0.1, 0.15) is 5.76 Å². The standard InChI is InChI=1S/C25H26BrN3O3/c1-17(2)25(31)29-15-13-28(14-16-29)21-9-7-20(8-10-21)27-24(30)23-12-11-22(32-23)18-3-5-19(26)6-4-18/h3-12,17H,13-16H2,1-2H3,(H,27,30). The Balaban J connectivity index is 1.34. The molecule has 2 heterocycles. The van der Waals surface area contributed by atoms with Gasteiger partial charge >= 0.3 is 0 Å². The summed E-state index contributed by atoms with van der Waals surface area (Å²) in [6, 6.07) is 19.0. The summed E-state index contributed by atoms with van der Waals surface area (Å²) >= 11 is 3.41. The molecule has 32 heavy (non-hydrogen) atoms. The molecule has 0 unspecified atom stereocenters. The summed E-state index contributed by atoms with van der Waals surface area (Å²) in [5, 5.41) is 2.89. The Hall–Kier alpha value is -3.06. The Morgan fingerprint density at radius 1 is 0.906 bits per heavy atom. The molecule has 1 aliphatic rings. The van der Waals surface area contributed by atoms with Crippen LogP contribution in [0.25, 0.3) is 11.3 Å². The molecule has 0 radical (unpaired) electrons. The van der Waals surface area contributed by atoms with Gasteiger partial charge in [0.2, 0.25) is 5.91 Å². The van der Waals surface area contributed by atoms with Crippen molar-refractivity contribution in [3.63, 3.8) is 0 Å². The van der Waals surface area contributed by atoms with Gasteiger partial charge in [-0.1, -0.05) is 41.9 Å². The van der Waals surface area contributed by atoms with Crippen LogP contribution in [0.4, 0.5) is 11.4 Å². The van der Waals surface area contributed by atoms with Crippen LogP contribution in [-0.2, 0) is 4.79 Å². The number of anilines is 2. The van der Waals surface area contributed by atoms with Gasteiger partial charge < -0.3 is 19.5 Å². The van der Waals surface area contributed by atoms with E-state index >= 15 is 0 Å². The van der Waals surface area contributed by atoms with Gasteiger partial charge in [0.15, 0.2) is 5.76 Å². The second-order valence-corrected chi connectivity index (χ2v) is 9.05. The molecule has 2 amide bonds. The van der Waals surface area contributed by atoms with Gasteiger partial charge in [-0.2, -0.15) is 0 Å². The number of halogens is 1. The molecule has 0 spiro atoms. The second kappa shape index (κ2) is 9.61. The SMILES string of the molecule is CC(C)C(=O)N1CCN(c2ccc(NC(=O)c3ccc(-c4ccc(Br)cc4)o3)cc2)CC1. The molecule has 4 rings (SSSR count). The Morgan fingerprint density at radius 3 is 2.19 bits per heavy atom. The van der Waals surface area contributed by atoms with Crippen LogP contribution >= 0.6 is 15.9 Å². The van der Waals surface area contributed by atoms with E-state index in [1.165, 1.54) is 0 Å². The van der Waals surface area contributed by atoms with Gasteiger partial charge in [-0.05, 0) is 48.5 Å². The van der Waals surface area contributed by atoms with Crippen LogP contribution in [0.2, 0.25) is 0 Å². The van der Waals surface area contributed by atoms with E-state index in [-0.39, 0.29) is 23.5 Å². The highest BCUT2D eigenvalue weighted by atomic mass is 79.9. The molecule has 2 aromatic carbocycles. The summed E-state index contributed by atoms with van der Waals surface area (Å²) in [4.78, 5) is 28.9. The molecule has 1 aromatic heterocycles. The molecule has 1 aliphatic heterocycles. The third-order valence-electron chi connectivity index (χ3n) is 5.53. The highest BCUT2D eigenvalue weighted by Gasteiger charge is 2.23. The number of rotatable bonds is 5. The van der Waals surface area contributed by atoms with Crippen LogP contribution in [0.15, 0.2) is 69.6 Å². The van der Waals surface area contributed by atoms with Gasteiger partial charge in [0, 0.05) is 53.5 Å². The largest absolute Gasteiger partial charge is 0.451 e. The van der Waals surface area contributed by atoms with E-state index in [1.54, 1.807) is 12.1 Å². The van der Waals surface area contributed by atoms with Crippen molar-refractivity contribution in [1.82, 2.24) is 4.90 Å². The van der Waals surface area contributed by atoms with Crippen molar-refractivity contribution in [1.29, 1.82) is 0 Å². The number of amides is 2. The molecule has 1 fully saturated rings. The fraction of sp³-hybridized carbons (Fsp3) is 0.280. The van der Waals surface area contributed by atoms with Crippen molar-refractivity contribution in [2.45, 2.75) is 13.8 Å². The number of benzene rings is 2. The molecule has 1 N–H and O–H groups in total. The quantitative estimate of drug-likeness (QED) is 0.523. The monoisotopic (exact) mass is 495 g/mol. The zero-order chi connectivity index (χ0) is 22.7. The summed E-state index contributed by atoms with van der Waals surface area (Å²) in [5.41, 5.74) is 2.69. The Bertz CT molecular complexity index is 1080. The van der Waals surface area contributed by atoms with Gasteiger partial charge in [0.05, 0.1) is 0 Å². The van der Waals surface area contributed by atoms with Crippen LogP contribution in [0.5, 0.6) is 0 Å². The average Bonchev–Trinajstić information content (AvgIpc) is 3.30. The second-order valence-electron chi connectivity index (χ2n) is 8.14. The third-order valence-corrected chi connectivity index (χ3v) is 6.06. The molecule has 0 aliphatic carbocycles. The lowest BCUT2D eigenvalue weighted by Crippen LogP contribution is -2.49. The van der Waals surface area contributed by atoms with E-state index in [0.717, 1.165) is 41.9 Å². The van der Waals surface area contributed by atoms with Gasteiger partial charge in [-0.3, -0.25) is 9.59 Å². The number of nitrogens with zero attached hydrogens (tertiary/aromatic N) is 2. The smallest absolute Gasteiger partial charge is 0.291 e. The zero-order valence-electron chi connectivity index (χ0n) is 18.2. The fourth-order valence-electron chi connectivity index (χ4n) is 3.73. The molecule has 1 saturated heterocycles. The van der Waals surface area contributed by atoms with Crippen LogP contribution in [0.1, 0.15) is 24.4 Å². The van der Waals surface area contributed by atoms with Gasteiger partial charge in [0.25, 0.3) is 5.91 Å². The maximum atomic E-state index is 12.6. The number of hydrogen-bond donors (Lipinski definition) is 1. The minimum atomic E-state index is -0.290. The third kappa shape index (κ3) is 5.05. The Kier molecular flexibility index (Phi) is 6.65. The summed E-state index contributed by atoms with van der Waals surface area (Å²) in [6.07, 6.45) is 0. The maximum absolute atomic E-state index is 12.6. The molecule has 3 aromatic rings. The Morgan fingerprint density at radius 2 is 1.56 bits per heavy atom. The zero-order valence-corrected chi connectivity index (χ0v) is 19.8. The Labute approximate surface area is 196 Å². The normalized spacial score (nSPS) is 14.0. The van der Waals surface area contributed by atoms with E-state index in [4.69, 9.17) is 4.42 Å². The fourth-order valence-corrected chi connectivity index (χ4v) is 3.99. The van der Waals surface area contributed by atoms with E-state index < -0.39 is 0 Å². The van der Waals surface area contributed by atoms with E-state index in [0.29, 0.717) is 11.4 Å². The highest BCUT2D eigenvalue weighted by molar-refractivity contribution is 9.10. The van der Waals surface area contributed by atoms with E-state index in [1.807, 2.05) is 67.3 Å². The highest BCUT2D eigenvalue weighted by Crippen LogP contribution is 2.25. The van der Waals surface area contributed by atoms with Crippen molar-refractivity contribution < 1.29 is 14.0 Å². The number of carbonyl (C=O) groups is 2. The first kappa shape index (κ1) is 22.1. The summed E-state index contributed by atoms with van der Waals surface area (Å²) in [7, 11) is 0. The average molecular weight is 496 g/mol. The van der Waals surface area contributed by atoms with E-state index in [9.17, 15) is 9.59 Å². The lowest BCUT2D eigenvalue weighted by Gasteiger charge is -2.37. The van der Waals surface area contributed by atoms with Crippen molar-refractivity contribution in [3.8, 4) is 11.3 Å². The number of carbonyl (C=O) groups excluding carboxylic acids is 2. The summed E-state index contributed by atoms with van der Waals surface area (Å²) in [5.74, 6) is 0.862. The molecule has 0 bridgehead atoms. The van der Waals surface area contributed by atoms with E-state index in [2.05, 4.69) is 26.1 Å². The predicted octanol–water partition coefficient (Wildman–Crippen LogP) is 5.27. The number of nitrogens with one attached hydrogen (secondary N) is 1. The van der Waals surface area contributed by atoms with Crippen molar-refractivity contribution >= 4 is 39.1 Å². The van der Waals surface area contributed by atoms with Crippen molar-refractivity contribution in [3.05, 3.63) is 70.9 Å². The molecule has 166 valence electrons. The first-order valence-electron chi connectivity index (χ1n) is 10.7. The minimum Gasteiger partial charge on any atom is -0.451 e. The van der Waals surface area contributed by atoms with Crippen molar-refractivity contribution in [2.24, 2.45) is 5.92 Å². The van der Waals surface area contributed by atoms with Crippen LogP contribution in [0, 0.1) is 5.92 Å². The predicted molar refractivity (Wildman–Crippen MR) is 130 cm³/mol. The molecule has 6 nitrogen and oxygen atoms in total. The molecular formula is C25H26BrN3O3. The number of hydrogen-bond acceptors (Lipinski definition) is 4. The maximum Gasteiger partial charge on any atom is 0.291 e. The molecular weight excluding hydrogens is 470 g/mol. The van der Waals surface area contributed by atoms with Crippen molar-refractivity contribution in [2.75, 3.05) is 36.4 Å². The first-order valence-corrected chi connectivity index (χ1v) is 11.5. The molecule has 0 atom stereocenters. The lowest BCUT2D eigenvalue weighted by atomic mass is 10.1. The minimum absolute atomic E-state index is 0.0320. The lowest BCUT2D eigenvalue weighted by molar-refractivity contribution is -0.134. The topological polar surface area (TPSA) is 65.8 Å². The van der Waals surface area contributed by atoms with Crippen LogP contribution < -0.4 is 10.2 Å². The van der Waals surface area contributed by atoms with Gasteiger partial charge in [-0.15, -0.1) is 0 Å².